The lowest BCUT2D eigenvalue weighted by atomic mass is 9.81. The van der Waals surface area contributed by atoms with E-state index in [0.717, 1.165) is 28.9 Å². The van der Waals surface area contributed by atoms with Gasteiger partial charge in [-0.1, -0.05) is 13.0 Å². The Kier molecular flexibility index (Phi) is 3.81. The summed E-state index contributed by atoms with van der Waals surface area (Å²) in [6, 6.07) is 7.95. The van der Waals surface area contributed by atoms with Crippen LogP contribution < -0.4 is 0 Å². The quantitative estimate of drug-likeness (QED) is 0.824. The van der Waals surface area contributed by atoms with Gasteiger partial charge < -0.3 is 4.90 Å². The average molecular weight is 346 g/mol. The molecule has 0 radical (unpaired) electrons. The standard InChI is InChI=1S/C16H16BrN3O/c1-10-5-13(6-10)20-9-12(7-15(20)21)19-16-11(8-18)3-2-4-14(16)17/h2-4,10,13H,5-7,9H2,1H3. The smallest absolute Gasteiger partial charge is 0.228 e. The maximum Gasteiger partial charge on any atom is 0.228 e. The van der Waals surface area contributed by atoms with Gasteiger partial charge in [-0.05, 0) is 46.8 Å². The predicted octanol–water partition coefficient (Wildman–Crippen LogP) is 3.42. The van der Waals surface area contributed by atoms with Gasteiger partial charge >= 0.3 is 0 Å². The van der Waals surface area contributed by atoms with Crippen molar-refractivity contribution in [1.82, 2.24) is 4.90 Å². The number of rotatable bonds is 2. The van der Waals surface area contributed by atoms with Crippen molar-refractivity contribution in [1.29, 1.82) is 5.26 Å². The fourth-order valence-electron chi connectivity index (χ4n) is 3.02. The lowest BCUT2D eigenvalue weighted by Crippen LogP contribution is -2.44. The van der Waals surface area contributed by atoms with Crippen molar-refractivity contribution in [3.05, 3.63) is 28.2 Å². The molecule has 108 valence electrons. The number of nitriles is 1. The van der Waals surface area contributed by atoms with E-state index in [-0.39, 0.29) is 5.91 Å². The Balaban J connectivity index is 1.83. The molecule has 0 spiro atoms. The molecule has 0 aromatic heterocycles. The molecule has 0 unspecified atom stereocenters. The number of amides is 1. The molecule has 1 aromatic rings. The minimum atomic E-state index is 0.163. The van der Waals surface area contributed by atoms with E-state index in [2.05, 4.69) is 33.9 Å². The molecule has 3 rings (SSSR count). The van der Waals surface area contributed by atoms with Crippen LogP contribution in [0.4, 0.5) is 5.69 Å². The summed E-state index contributed by atoms with van der Waals surface area (Å²) in [6.45, 7) is 2.81. The van der Waals surface area contributed by atoms with Gasteiger partial charge in [-0.3, -0.25) is 9.79 Å². The zero-order valence-electron chi connectivity index (χ0n) is 11.8. The molecule has 1 aliphatic heterocycles. The second-order valence-electron chi connectivity index (χ2n) is 5.85. The summed E-state index contributed by atoms with van der Waals surface area (Å²) in [5, 5.41) is 9.17. The number of carbonyl (C=O) groups excluding carboxylic acids is 1. The van der Waals surface area contributed by atoms with E-state index in [1.807, 2.05) is 17.0 Å². The minimum Gasteiger partial charge on any atom is -0.334 e. The number of halogens is 1. The molecule has 4 nitrogen and oxygen atoms in total. The lowest BCUT2D eigenvalue weighted by molar-refractivity contribution is -0.131. The average Bonchev–Trinajstić information content (AvgIpc) is 2.78. The number of para-hydroxylation sites is 1. The SMILES string of the molecule is CC1CC(N2CC(=Nc3c(Br)cccc3C#N)CC2=O)C1. The second-order valence-corrected chi connectivity index (χ2v) is 6.71. The Morgan fingerprint density at radius 3 is 2.86 bits per heavy atom. The molecule has 2 fully saturated rings. The Hall–Kier alpha value is -1.67. The maximum atomic E-state index is 12.1. The fourth-order valence-corrected chi connectivity index (χ4v) is 3.47. The van der Waals surface area contributed by atoms with Crippen LogP contribution in [0, 0.1) is 17.2 Å². The first-order valence-electron chi connectivity index (χ1n) is 7.13. The molecule has 1 amide bonds. The molecule has 0 N–H and O–H groups in total. The Morgan fingerprint density at radius 1 is 1.43 bits per heavy atom. The number of benzene rings is 1. The van der Waals surface area contributed by atoms with Gasteiger partial charge in [-0.25, -0.2) is 0 Å². The van der Waals surface area contributed by atoms with Crippen molar-refractivity contribution in [3.63, 3.8) is 0 Å². The number of carbonyl (C=O) groups is 1. The third-order valence-electron chi connectivity index (χ3n) is 4.20. The Bertz CT molecular complexity index is 656. The molecule has 1 saturated carbocycles. The van der Waals surface area contributed by atoms with E-state index in [9.17, 15) is 4.79 Å². The van der Waals surface area contributed by atoms with Crippen molar-refractivity contribution in [2.45, 2.75) is 32.2 Å². The molecule has 21 heavy (non-hydrogen) atoms. The molecule has 1 aromatic carbocycles. The van der Waals surface area contributed by atoms with Gasteiger partial charge in [0.15, 0.2) is 0 Å². The van der Waals surface area contributed by atoms with Gasteiger partial charge in [0, 0.05) is 16.2 Å². The van der Waals surface area contributed by atoms with E-state index in [0.29, 0.717) is 30.3 Å². The first kappa shape index (κ1) is 14.3. The van der Waals surface area contributed by atoms with Crippen LogP contribution in [0.1, 0.15) is 31.7 Å². The van der Waals surface area contributed by atoms with Crippen molar-refractivity contribution in [2.75, 3.05) is 6.54 Å². The highest BCUT2D eigenvalue weighted by atomic mass is 79.9. The second kappa shape index (κ2) is 5.61. The summed E-state index contributed by atoms with van der Waals surface area (Å²) in [5.74, 6) is 0.883. The molecule has 5 heteroatoms. The Labute approximate surface area is 132 Å². The summed E-state index contributed by atoms with van der Waals surface area (Å²) < 4.78 is 0.789. The zero-order chi connectivity index (χ0) is 15.0. The molecular formula is C16H16BrN3O. The third-order valence-corrected chi connectivity index (χ3v) is 4.84. The van der Waals surface area contributed by atoms with Crippen LogP contribution in [0.3, 0.4) is 0 Å². The molecule has 2 aliphatic rings. The van der Waals surface area contributed by atoms with E-state index >= 15 is 0 Å². The molecular weight excluding hydrogens is 330 g/mol. The van der Waals surface area contributed by atoms with Crippen LogP contribution in [0.5, 0.6) is 0 Å². The van der Waals surface area contributed by atoms with E-state index in [1.54, 1.807) is 6.07 Å². The molecule has 1 saturated heterocycles. The van der Waals surface area contributed by atoms with Gasteiger partial charge in [0.1, 0.15) is 6.07 Å². The zero-order valence-corrected chi connectivity index (χ0v) is 13.4. The minimum absolute atomic E-state index is 0.163. The van der Waals surface area contributed by atoms with Crippen LogP contribution in [0.2, 0.25) is 0 Å². The van der Waals surface area contributed by atoms with Crippen LogP contribution in [0.15, 0.2) is 27.7 Å². The normalized spacial score (nSPS) is 26.8. The first-order valence-corrected chi connectivity index (χ1v) is 7.92. The topological polar surface area (TPSA) is 56.5 Å². The van der Waals surface area contributed by atoms with Crippen LogP contribution in [-0.4, -0.2) is 29.1 Å². The number of nitrogens with zero attached hydrogens (tertiary/aromatic N) is 3. The number of aliphatic imine (C=N–C) groups is 1. The highest BCUT2D eigenvalue weighted by Crippen LogP contribution is 2.34. The number of hydrogen-bond acceptors (Lipinski definition) is 3. The van der Waals surface area contributed by atoms with Crippen molar-refractivity contribution in [3.8, 4) is 6.07 Å². The molecule has 1 heterocycles. The van der Waals surface area contributed by atoms with E-state index in [1.165, 1.54) is 0 Å². The predicted molar refractivity (Wildman–Crippen MR) is 84.5 cm³/mol. The first-order chi connectivity index (χ1) is 10.1. The molecule has 0 bridgehead atoms. The maximum absolute atomic E-state index is 12.1. The van der Waals surface area contributed by atoms with Gasteiger partial charge in [0.25, 0.3) is 0 Å². The summed E-state index contributed by atoms with van der Waals surface area (Å²) in [5.41, 5.74) is 2.01. The van der Waals surface area contributed by atoms with Crippen molar-refractivity contribution >= 4 is 33.2 Å². The van der Waals surface area contributed by atoms with Crippen LogP contribution >= 0.6 is 15.9 Å². The van der Waals surface area contributed by atoms with Gasteiger partial charge in [-0.2, -0.15) is 5.26 Å². The van der Waals surface area contributed by atoms with Crippen molar-refractivity contribution in [2.24, 2.45) is 10.9 Å². The fraction of sp³-hybridized carbons (Fsp3) is 0.438. The van der Waals surface area contributed by atoms with Gasteiger partial charge in [-0.15, -0.1) is 0 Å². The highest BCUT2D eigenvalue weighted by Gasteiger charge is 2.37. The van der Waals surface area contributed by atoms with Crippen molar-refractivity contribution < 1.29 is 4.79 Å². The number of likely N-dealkylation sites (tertiary alicyclic amines) is 1. The Morgan fingerprint density at radius 2 is 2.19 bits per heavy atom. The van der Waals surface area contributed by atoms with Crippen LogP contribution in [-0.2, 0) is 4.79 Å². The molecule has 1 aliphatic carbocycles. The monoisotopic (exact) mass is 345 g/mol. The van der Waals surface area contributed by atoms with E-state index in [4.69, 9.17) is 5.26 Å². The number of hydrogen-bond donors (Lipinski definition) is 0. The van der Waals surface area contributed by atoms with Gasteiger partial charge in [0.2, 0.25) is 5.91 Å². The summed E-state index contributed by atoms with van der Waals surface area (Å²) in [7, 11) is 0. The summed E-state index contributed by atoms with van der Waals surface area (Å²) in [6.07, 6.45) is 2.56. The molecule has 0 atom stereocenters. The summed E-state index contributed by atoms with van der Waals surface area (Å²) in [4.78, 5) is 18.6. The highest BCUT2D eigenvalue weighted by molar-refractivity contribution is 9.10. The third kappa shape index (κ3) is 2.73. The largest absolute Gasteiger partial charge is 0.334 e. The van der Waals surface area contributed by atoms with Crippen LogP contribution in [0.25, 0.3) is 0 Å². The summed E-state index contributed by atoms with van der Waals surface area (Å²) >= 11 is 3.43. The van der Waals surface area contributed by atoms with E-state index < -0.39 is 0 Å². The van der Waals surface area contributed by atoms with Gasteiger partial charge in [0.05, 0.1) is 24.2 Å². The lowest BCUT2D eigenvalue weighted by Gasteiger charge is -2.39.